The molecule has 1 aliphatic carbocycles. The van der Waals surface area contributed by atoms with E-state index in [9.17, 15) is 14.9 Å². The van der Waals surface area contributed by atoms with Crippen molar-refractivity contribution in [3.63, 3.8) is 0 Å². The molecule has 1 aliphatic rings. The summed E-state index contributed by atoms with van der Waals surface area (Å²) >= 11 is 0. The molecule has 0 spiro atoms. The van der Waals surface area contributed by atoms with Gasteiger partial charge in [-0.25, -0.2) is 4.79 Å². The Bertz CT molecular complexity index is 888. The van der Waals surface area contributed by atoms with Crippen LogP contribution in [-0.2, 0) is 4.74 Å². The van der Waals surface area contributed by atoms with Gasteiger partial charge in [0.1, 0.15) is 11.6 Å². The second-order valence-corrected chi connectivity index (χ2v) is 5.39. The van der Waals surface area contributed by atoms with Crippen molar-refractivity contribution in [1.82, 2.24) is 4.57 Å². The quantitative estimate of drug-likeness (QED) is 0.810. The van der Waals surface area contributed by atoms with Crippen molar-refractivity contribution in [3.8, 4) is 11.8 Å². The molecule has 0 amide bonds. The van der Waals surface area contributed by atoms with E-state index in [1.165, 1.54) is 19.4 Å². The molecule has 0 aliphatic heterocycles. The van der Waals surface area contributed by atoms with Gasteiger partial charge in [0.25, 0.3) is 0 Å². The highest BCUT2D eigenvalue weighted by molar-refractivity contribution is 5.96. The van der Waals surface area contributed by atoms with E-state index in [0.29, 0.717) is 22.2 Å². The minimum Gasteiger partial charge on any atom is -0.493 e. The highest BCUT2D eigenvalue weighted by Gasteiger charge is 2.29. The third-order valence-corrected chi connectivity index (χ3v) is 3.91. The summed E-state index contributed by atoms with van der Waals surface area (Å²) in [6, 6.07) is 5.38. The number of ether oxygens (including phenoxy) is 2. The summed E-state index contributed by atoms with van der Waals surface area (Å²) in [7, 11) is 1.47. The van der Waals surface area contributed by atoms with E-state index in [4.69, 9.17) is 9.47 Å². The van der Waals surface area contributed by atoms with Gasteiger partial charge < -0.3 is 14.0 Å². The fourth-order valence-electron chi connectivity index (χ4n) is 2.71. The zero-order chi connectivity index (χ0) is 16.6. The standard InChI is InChI=1S/C17H16N2O4/c1-3-23-17(21)13-9-19(11-5-6-11)14-12(15(13)20)7-4-10(8-18)16(14)22-2/h4,7,9,11H,3,5-6H2,1-2H3. The maximum atomic E-state index is 12.7. The lowest BCUT2D eigenvalue weighted by Gasteiger charge is -2.16. The van der Waals surface area contributed by atoms with Gasteiger partial charge in [-0.1, -0.05) is 0 Å². The Labute approximate surface area is 132 Å². The normalized spacial score (nSPS) is 13.6. The minimum atomic E-state index is -0.628. The number of rotatable bonds is 4. The molecule has 1 fully saturated rings. The van der Waals surface area contributed by atoms with E-state index >= 15 is 0 Å². The molecule has 1 saturated carbocycles. The van der Waals surface area contributed by atoms with Crippen LogP contribution in [0.2, 0.25) is 0 Å². The van der Waals surface area contributed by atoms with E-state index in [2.05, 4.69) is 6.07 Å². The van der Waals surface area contributed by atoms with Crippen molar-refractivity contribution < 1.29 is 14.3 Å². The summed E-state index contributed by atoms with van der Waals surface area (Å²) in [6.07, 6.45) is 3.45. The molecule has 0 unspecified atom stereocenters. The molecule has 0 saturated heterocycles. The number of fused-ring (bicyclic) bond motifs is 1. The fraction of sp³-hybridized carbons (Fsp3) is 0.353. The van der Waals surface area contributed by atoms with Crippen LogP contribution in [0.1, 0.15) is 41.7 Å². The van der Waals surface area contributed by atoms with Gasteiger partial charge >= 0.3 is 5.97 Å². The summed E-state index contributed by atoms with van der Waals surface area (Å²) in [6.45, 7) is 1.90. The maximum absolute atomic E-state index is 12.7. The number of esters is 1. The van der Waals surface area contributed by atoms with Crippen molar-refractivity contribution in [2.45, 2.75) is 25.8 Å². The summed E-state index contributed by atoms with van der Waals surface area (Å²) in [4.78, 5) is 24.7. The first kappa shape index (κ1) is 15.1. The average molecular weight is 312 g/mol. The Morgan fingerprint density at radius 2 is 2.17 bits per heavy atom. The van der Waals surface area contributed by atoms with Crippen molar-refractivity contribution in [2.75, 3.05) is 13.7 Å². The van der Waals surface area contributed by atoms with Crippen molar-refractivity contribution in [3.05, 3.63) is 39.7 Å². The Balaban J connectivity index is 2.38. The van der Waals surface area contributed by atoms with Crippen molar-refractivity contribution in [1.29, 1.82) is 5.26 Å². The Morgan fingerprint density at radius 1 is 1.43 bits per heavy atom. The molecule has 0 bridgehead atoms. The number of nitriles is 1. The van der Waals surface area contributed by atoms with Gasteiger partial charge in [0.2, 0.25) is 5.43 Å². The maximum Gasteiger partial charge on any atom is 0.343 e. The van der Waals surface area contributed by atoms with Crippen LogP contribution in [-0.4, -0.2) is 24.3 Å². The number of nitrogens with zero attached hydrogens (tertiary/aromatic N) is 2. The van der Waals surface area contributed by atoms with Crippen LogP contribution in [0.15, 0.2) is 23.1 Å². The largest absolute Gasteiger partial charge is 0.493 e. The van der Waals surface area contributed by atoms with Gasteiger partial charge in [-0.3, -0.25) is 4.79 Å². The molecule has 3 rings (SSSR count). The smallest absolute Gasteiger partial charge is 0.343 e. The van der Waals surface area contributed by atoms with Crippen LogP contribution < -0.4 is 10.2 Å². The molecule has 6 nitrogen and oxygen atoms in total. The SMILES string of the molecule is CCOC(=O)c1cn(C2CC2)c2c(OC)c(C#N)ccc2c1=O. The molecule has 23 heavy (non-hydrogen) atoms. The van der Waals surface area contributed by atoms with Crippen LogP contribution in [0.25, 0.3) is 10.9 Å². The highest BCUT2D eigenvalue weighted by Crippen LogP contribution is 2.40. The number of aromatic nitrogens is 1. The van der Waals surface area contributed by atoms with Crippen molar-refractivity contribution in [2.24, 2.45) is 0 Å². The van der Waals surface area contributed by atoms with Gasteiger partial charge in [-0.15, -0.1) is 0 Å². The molecule has 0 radical (unpaired) electrons. The second-order valence-electron chi connectivity index (χ2n) is 5.39. The predicted octanol–water partition coefficient (Wildman–Crippen LogP) is 2.39. The first-order valence-corrected chi connectivity index (χ1v) is 7.45. The summed E-state index contributed by atoms with van der Waals surface area (Å²) in [5.74, 6) is -0.262. The van der Waals surface area contributed by atoms with E-state index in [1.807, 2.05) is 4.57 Å². The van der Waals surface area contributed by atoms with E-state index in [-0.39, 0.29) is 18.2 Å². The lowest BCUT2D eigenvalue weighted by Crippen LogP contribution is -2.21. The Morgan fingerprint density at radius 3 is 2.74 bits per heavy atom. The Kier molecular flexibility index (Phi) is 3.78. The minimum absolute atomic E-state index is 0.0120. The predicted molar refractivity (Wildman–Crippen MR) is 83.7 cm³/mol. The van der Waals surface area contributed by atoms with Gasteiger partial charge in [0, 0.05) is 12.2 Å². The number of carbonyl (C=O) groups excluding carboxylic acids is 1. The molecule has 6 heteroatoms. The highest BCUT2D eigenvalue weighted by atomic mass is 16.5. The van der Waals surface area contributed by atoms with Crippen LogP contribution in [0.3, 0.4) is 0 Å². The van der Waals surface area contributed by atoms with Crippen LogP contribution >= 0.6 is 0 Å². The third-order valence-electron chi connectivity index (χ3n) is 3.91. The zero-order valence-corrected chi connectivity index (χ0v) is 13.0. The lowest BCUT2D eigenvalue weighted by atomic mass is 10.1. The molecule has 0 N–H and O–H groups in total. The second kappa shape index (κ2) is 5.76. The lowest BCUT2D eigenvalue weighted by molar-refractivity contribution is 0.0524. The van der Waals surface area contributed by atoms with Gasteiger partial charge in [0.15, 0.2) is 5.75 Å². The summed E-state index contributed by atoms with van der Waals surface area (Å²) in [5.41, 5.74) is 0.529. The summed E-state index contributed by atoms with van der Waals surface area (Å²) in [5, 5.41) is 9.60. The molecular formula is C17H16N2O4. The zero-order valence-electron chi connectivity index (χ0n) is 13.0. The number of methoxy groups -OCH3 is 1. The van der Waals surface area contributed by atoms with Crippen molar-refractivity contribution >= 4 is 16.9 Å². The third kappa shape index (κ3) is 2.44. The molecule has 0 atom stereocenters. The van der Waals surface area contributed by atoms with E-state index in [1.54, 1.807) is 13.0 Å². The molecule has 1 aromatic carbocycles. The number of hydrogen-bond acceptors (Lipinski definition) is 5. The van der Waals surface area contributed by atoms with Gasteiger partial charge in [0.05, 0.1) is 30.2 Å². The van der Waals surface area contributed by atoms with Crippen LogP contribution in [0.5, 0.6) is 5.75 Å². The molecular weight excluding hydrogens is 296 g/mol. The van der Waals surface area contributed by atoms with Crippen LogP contribution in [0.4, 0.5) is 0 Å². The van der Waals surface area contributed by atoms with Gasteiger partial charge in [-0.05, 0) is 31.9 Å². The molecule has 118 valence electrons. The molecule has 1 heterocycles. The fourth-order valence-corrected chi connectivity index (χ4v) is 2.71. The topological polar surface area (TPSA) is 81.3 Å². The van der Waals surface area contributed by atoms with Gasteiger partial charge in [-0.2, -0.15) is 5.26 Å². The number of pyridine rings is 1. The van der Waals surface area contributed by atoms with E-state index in [0.717, 1.165) is 12.8 Å². The van der Waals surface area contributed by atoms with E-state index < -0.39 is 11.4 Å². The molecule has 2 aromatic rings. The monoisotopic (exact) mass is 312 g/mol. The average Bonchev–Trinajstić information content (AvgIpc) is 3.39. The number of carbonyl (C=O) groups is 1. The Hall–Kier alpha value is -2.81. The number of hydrogen-bond donors (Lipinski definition) is 0. The number of benzene rings is 1. The summed E-state index contributed by atoms with van der Waals surface area (Å²) < 4.78 is 12.2. The molecule has 1 aromatic heterocycles. The first-order chi connectivity index (χ1) is 11.1. The first-order valence-electron chi connectivity index (χ1n) is 7.45. The van der Waals surface area contributed by atoms with Crippen LogP contribution in [0, 0.1) is 11.3 Å².